The van der Waals surface area contributed by atoms with Gasteiger partial charge in [0.15, 0.2) is 5.13 Å². The average Bonchev–Trinajstić information content (AvgIpc) is 3.40. The van der Waals surface area contributed by atoms with Gasteiger partial charge in [0.05, 0.1) is 4.90 Å². The van der Waals surface area contributed by atoms with Crippen LogP contribution in [0.2, 0.25) is 0 Å². The van der Waals surface area contributed by atoms with Gasteiger partial charge in [-0.25, -0.2) is 27.5 Å². The number of thiazole rings is 1. The number of piperidine rings is 1. The summed E-state index contributed by atoms with van der Waals surface area (Å²) in [6.45, 7) is 1.64. The van der Waals surface area contributed by atoms with Crippen molar-refractivity contribution < 1.29 is 17.6 Å². The molecule has 8 nitrogen and oxygen atoms in total. The first-order valence-corrected chi connectivity index (χ1v) is 15.4. The Morgan fingerprint density at radius 1 is 1.03 bits per heavy atom. The minimum Gasteiger partial charge on any atom is -0.342 e. The summed E-state index contributed by atoms with van der Waals surface area (Å²) in [4.78, 5) is 24.8. The van der Waals surface area contributed by atoms with Crippen molar-refractivity contribution in [2.45, 2.75) is 62.3 Å². The Kier molecular flexibility index (Phi) is 8.35. The van der Waals surface area contributed by atoms with Crippen LogP contribution in [0, 0.1) is 11.7 Å². The summed E-state index contributed by atoms with van der Waals surface area (Å²) in [7, 11) is -3.75. The van der Waals surface area contributed by atoms with Crippen molar-refractivity contribution >= 4 is 38.2 Å². The van der Waals surface area contributed by atoms with Crippen molar-refractivity contribution in [1.82, 2.24) is 19.6 Å². The van der Waals surface area contributed by atoms with Crippen LogP contribution >= 0.6 is 11.3 Å². The van der Waals surface area contributed by atoms with Crippen molar-refractivity contribution in [2.75, 3.05) is 18.4 Å². The van der Waals surface area contributed by atoms with Crippen molar-refractivity contribution in [3.8, 4) is 0 Å². The van der Waals surface area contributed by atoms with E-state index < -0.39 is 15.8 Å². The fourth-order valence-corrected chi connectivity index (χ4v) is 7.03. The van der Waals surface area contributed by atoms with Crippen LogP contribution in [0.1, 0.15) is 61.4 Å². The molecule has 1 aromatic carbocycles. The molecule has 2 aliphatic rings. The Morgan fingerprint density at radius 3 is 2.50 bits per heavy atom. The minimum absolute atomic E-state index is 0.00645. The smallest absolute Gasteiger partial charge is 0.240 e. The summed E-state index contributed by atoms with van der Waals surface area (Å²) in [5, 5.41) is 3.83. The van der Waals surface area contributed by atoms with E-state index in [9.17, 15) is 17.6 Å². The Balaban J connectivity index is 1.14. The van der Waals surface area contributed by atoms with Gasteiger partial charge in [-0.2, -0.15) is 0 Å². The summed E-state index contributed by atoms with van der Waals surface area (Å²) in [5.74, 6) is 1.05. The Labute approximate surface area is 226 Å². The Morgan fingerprint density at radius 2 is 1.76 bits per heavy atom. The van der Waals surface area contributed by atoms with Gasteiger partial charge >= 0.3 is 0 Å². The van der Waals surface area contributed by atoms with E-state index in [0.717, 1.165) is 61.5 Å². The van der Waals surface area contributed by atoms with Crippen molar-refractivity contribution in [1.29, 1.82) is 0 Å². The van der Waals surface area contributed by atoms with Crippen molar-refractivity contribution in [2.24, 2.45) is 5.92 Å². The molecule has 1 amide bonds. The Bertz CT molecular complexity index is 1350. The molecule has 1 saturated carbocycles. The second-order valence-corrected chi connectivity index (χ2v) is 12.8. The maximum atomic E-state index is 13.1. The van der Waals surface area contributed by atoms with Crippen molar-refractivity contribution in [3.05, 3.63) is 65.0 Å². The zero-order valence-corrected chi connectivity index (χ0v) is 22.7. The van der Waals surface area contributed by atoms with E-state index in [1.54, 1.807) is 6.20 Å². The van der Waals surface area contributed by atoms with Crippen LogP contribution in [0.3, 0.4) is 0 Å². The lowest BCUT2D eigenvalue weighted by atomic mass is 9.86. The number of amides is 1. The van der Waals surface area contributed by atoms with Crippen LogP contribution < -0.4 is 10.0 Å². The van der Waals surface area contributed by atoms with E-state index in [1.807, 2.05) is 18.2 Å². The molecule has 0 unspecified atom stereocenters. The number of carbonyl (C=O) groups excluding carboxylic acids is 1. The molecule has 2 aromatic heterocycles. The molecule has 3 heterocycles. The number of hydrogen-bond acceptors (Lipinski definition) is 7. The number of aromatic nitrogens is 2. The highest BCUT2D eigenvalue weighted by molar-refractivity contribution is 7.89. The summed E-state index contributed by atoms with van der Waals surface area (Å²) >= 11 is 1.33. The third-order valence-electron chi connectivity index (χ3n) is 7.30. The van der Waals surface area contributed by atoms with E-state index in [0.29, 0.717) is 22.8 Å². The zero-order valence-electron chi connectivity index (χ0n) is 21.1. The second kappa shape index (κ2) is 11.9. The van der Waals surface area contributed by atoms with Gasteiger partial charge in [-0.1, -0.05) is 25.3 Å². The molecule has 2 N–H and O–H groups in total. The second-order valence-electron chi connectivity index (χ2n) is 9.92. The lowest BCUT2D eigenvalue weighted by Crippen LogP contribution is -2.42. The summed E-state index contributed by atoms with van der Waals surface area (Å²) < 4.78 is 40.5. The molecule has 0 atom stereocenters. The highest BCUT2D eigenvalue weighted by atomic mass is 32.2. The number of rotatable bonds is 8. The average molecular weight is 558 g/mol. The molecule has 1 aliphatic carbocycles. The fourth-order valence-electron chi connectivity index (χ4n) is 5.17. The largest absolute Gasteiger partial charge is 0.342 e. The van der Waals surface area contributed by atoms with Crippen LogP contribution in [0.5, 0.6) is 0 Å². The standard InChI is InChI=1S/C27H32FN5O3S2/c28-21-9-11-23(12-10-21)38(35,36)30-18-22-17-29-27(37-22)32-25-8-4-7-24(31-25)19-13-15-33(16-14-19)26(34)20-5-2-1-3-6-20/h4,7-12,17,19-20,30H,1-3,5-6,13-16,18H2,(H,29,31,32). The van der Waals surface area contributed by atoms with Gasteiger partial charge in [0.25, 0.3) is 0 Å². The number of pyridine rings is 1. The van der Waals surface area contributed by atoms with Gasteiger partial charge in [-0.3, -0.25) is 4.79 Å². The normalized spacial score (nSPS) is 17.4. The fraction of sp³-hybridized carbons (Fsp3) is 0.444. The molecule has 0 bridgehead atoms. The van der Waals surface area contributed by atoms with E-state index in [1.165, 1.54) is 42.7 Å². The molecule has 5 rings (SSSR count). The number of likely N-dealkylation sites (tertiary alicyclic amines) is 1. The molecule has 0 radical (unpaired) electrons. The van der Waals surface area contributed by atoms with Crippen LogP contribution in [0.15, 0.2) is 53.6 Å². The van der Waals surface area contributed by atoms with Gasteiger partial charge < -0.3 is 10.2 Å². The van der Waals surface area contributed by atoms with E-state index >= 15 is 0 Å². The van der Waals surface area contributed by atoms with E-state index in [4.69, 9.17) is 4.98 Å². The highest BCUT2D eigenvalue weighted by Gasteiger charge is 2.30. The molecule has 2 fully saturated rings. The van der Waals surface area contributed by atoms with Crippen LogP contribution in [-0.2, 0) is 21.4 Å². The third-order valence-corrected chi connectivity index (χ3v) is 9.63. The summed E-state index contributed by atoms with van der Waals surface area (Å²) in [6, 6.07) is 10.6. The molecular weight excluding hydrogens is 525 g/mol. The monoisotopic (exact) mass is 557 g/mol. The Hall–Kier alpha value is -2.89. The maximum Gasteiger partial charge on any atom is 0.240 e. The number of nitrogens with zero attached hydrogens (tertiary/aromatic N) is 3. The van der Waals surface area contributed by atoms with Gasteiger partial charge in [0, 0.05) is 48.2 Å². The number of hydrogen-bond donors (Lipinski definition) is 2. The number of nitrogens with one attached hydrogen (secondary N) is 2. The number of halogens is 1. The first-order valence-electron chi connectivity index (χ1n) is 13.1. The van der Waals surface area contributed by atoms with Gasteiger partial charge in [-0.05, 0) is 62.1 Å². The lowest BCUT2D eigenvalue weighted by molar-refractivity contribution is -0.137. The van der Waals surface area contributed by atoms with Crippen LogP contribution in [0.4, 0.5) is 15.3 Å². The highest BCUT2D eigenvalue weighted by Crippen LogP contribution is 2.31. The van der Waals surface area contributed by atoms with Gasteiger partial charge in [0.2, 0.25) is 15.9 Å². The van der Waals surface area contributed by atoms with E-state index in [-0.39, 0.29) is 17.4 Å². The molecular formula is C27H32FN5O3S2. The third kappa shape index (κ3) is 6.57. The first kappa shape index (κ1) is 26.7. The minimum atomic E-state index is -3.75. The summed E-state index contributed by atoms with van der Waals surface area (Å²) in [5.41, 5.74) is 1.00. The first-order chi connectivity index (χ1) is 18.4. The molecule has 38 heavy (non-hydrogen) atoms. The number of anilines is 2. The quantitative estimate of drug-likeness (QED) is 0.395. The van der Waals surface area contributed by atoms with E-state index in [2.05, 4.69) is 19.9 Å². The predicted octanol–water partition coefficient (Wildman–Crippen LogP) is 5.19. The van der Waals surface area contributed by atoms with Crippen LogP contribution in [-0.4, -0.2) is 42.3 Å². The van der Waals surface area contributed by atoms with Crippen LogP contribution in [0.25, 0.3) is 0 Å². The topological polar surface area (TPSA) is 104 Å². The molecule has 0 spiro atoms. The predicted molar refractivity (Wildman–Crippen MR) is 145 cm³/mol. The number of sulfonamides is 1. The molecule has 1 saturated heterocycles. The molecule has 11 heteroatoms. The number of carbonyl (C=O) groups is 1. The SMILES string of the molecule is O=C(C1CCCCC1)N1CCC(c2cccc(Nc3ncc(CNS(=O)(=O)c4ccc(F)cc4)s3)n2)CC1. The summed E-state index contributed by atoms with van der Waals surface area (Å²) in [6.07, 6.45) is 9.09. The lowest BCUT2D eigenvalue weighted by Gasteiger charge is -2.35. The zero-order chi connectivity index (χ0) is 26.5. The van der Waals surface area contributed by atoms with Crippen molar-refractivity contribution in [3.63, 3.8) is 0 Å². The molecule has 1 aliphatic heterocycles. The number of benzene rings is 1. The molecule has 3 aromatic rings. The molecule has 202 valence electrons. The van der Waals surface area contributed by atoms with Gasteiger partial charge in [0.1, 0.15) is 11.6 Å². The van der Waals surface area contributed by atoms with Gasteiger partial charge in [-0.15, -0.1) is 11.3 Å². The maximum absolute atomic E-state index is 13.1.